The van der Waals surface area contributed by atoms with Crippen molar-refractivity contribution in [1.29, 1.82) is 0 Å². The molecule has 20 heavy (non-hydrogen) atoms. The first kappa shape index (κ1) is 13.9. The first-order valence-corrected chi connectivity index (χ1v) is 8.24. The highest BCUT2D eigenvalue weighted by molar-refractivity contribution is 9.10. The van der Waals surface area contributed by atoms with Crippen LogP contribution in [0, 0.1) is 0 Å². The lowest BCUT2D eigenvalue weighted by molar-refractivity contribution is 0.415. The molecule has 4 heteroatoms. The van der Waals surface area contributed by atoms with Gasteiger partial charge in [0.1, 0.15) is 5.75 Å². The van der Waals surface area contributed by atoms with E-state index in [0.29, 0.717) is 0 Å². The maximum absolute atomic E-state index is 6.59. The first-order valence-electron chi connectivity index (χ1n) is 6.13. The third-order valence-corrected chi connectivity index (χ3v) is 5.77. The molecule has 1 atom stereocenters. The Morgan fingerprint density at radius 2 is 1.85 bits per heavy atom. The van der Waals surface area contributed by atoms with Crippen LogP contribution in [0.1, 0.15) is 15.8 Å². The number of ether oxygens (including phenoxy) is 1. The summed E-state index contributed by atoms with van der Waals surface area (Å²) in [6.45, 7) is 0. The topological polar surface area (TPSA) is 9.23 Å². The zero-order chi connectivity index (χ0) is 14.1. The molecule has 102 valence electrons. The normalized spacial score (nSPS) is 12.6. The van der Waals surface area contributed by atoms with E-state index in [1.807, 2.05) is 23.6 Å². The Kier molecular flexibility index (Phi) is 4.01. The van der Waals surface area contributed by atoms with E-state index in [1.54, 1.807) is 18.4 Å². The van der Waals surface area contributed by atoms with Gasteiger partial charge in [0, 0.05) is 9.35 Å². The van der Waals surface area contributed by atoms with Gasteiger partial charge in [0.2, 0.25) is 0 Å². The Labute approximate surface area is 135 Å². The van der Waals surface area contributed by atoms with Crippen molar-refractivity contribution in [3.63, 3.8) is 0 Å². The summed E-state index contributed by atoms with van der Waals surface area (Å²) in [6, 6.07) is 14.4. The number of fused-ring (bicyclic) bond motifs is 1. The van der Waals surface area contributed by atoms with Crippen LogP contribution in [0.3, 0.4) is 0 Å². The van der Waals surface area contributed by atoms with Gasteiger partial charge in [-0.1, -0.05) is 18.2 Å². The second-order valence-electron chi connectivity index (χ2n) is 4.47. The van der Waals surface area contributed by atoms with Crippen LogP contribution >= 0.6 is 38.9 Å². The quantitative estimate of drug-likeness (QED) is 0.516. The van der Waals surface area contributed by atoms with E-state index in [2.05, 4.69) is 40.2 Å². The third kappa shape index (κ3) is 2.58. The van der Waals surface area contributed by atoms with Crippen LogP contribution in [0.4, 0.5) is 0 Å². The molecule has 3 rings (SSSR count). The summed E-state index contributed by atoms with van der Waals surface area (Å²) in [5.74, 6) is 0.869. The highest BCUT2D eigenvalue weighted by Crippen LogP contribution is 2.38. The van der Waals surface area contributed by atoms with Gasteiger partial charge in [0.05, 0.1) is 12.5 Å². The van der Waals surface area contributed by atoms with E-state index in [0.717, 1.165) is 26.0 Å². The van der Waals surface area contributed by atoms with Gasteiger partial charge in [0.25, 0.3) is 0 Å². The van der Waals surface area contributed by atoms with Gasteiger partial charge in [-0.25, -0.2) is 0 Å². The highest BCUT2D eigenvalue weighted by Gasteiger charge is 2.15. The van der Waals surface area contributed by atoms with Gasteiger partial charge in [-0.15, -0.1) is 22.9 Å². The van der Waals surface area contributed by atoms with Crippen molar-refractivity contribution in [3.8, 4) is 5.75 Å². The molecule has 1 aromatic heterocycles. The molecule has 2 aromatic carbocycles. The molecule has 0 spiro atoms. The van der Waals surface area contributed by atoms with Crippen molar-refractivity contribution in [3.05, 3.63) is 62.8 Å². The zero-order valence-corrected chi connectivity index (χ0v) is 13.9. The van der Waals surface area contributed by atoms with E-state index in [1.165, 1.54) is 5.39 Å². The highest BCUT2D eigenvalue weighted by atomic mass is 79.9. The molecular weight excluding hydrogens is 356 g/mol. The van der Waals surface area contributed by atoms with Gasteiger partial charge in [-0.2, -0.15) is 0 Å². The molecule has 1 heterocycles. The monoisotopic (exact) mass is 366 g/mol. The minimum absolute atomic E-state index is 0.129. The minimum atomic E-state index is -0.129. The molecule has 0 amide bonds. The average Bonchev–Trinajstić information content (AvgIpc) is 2.91. The molecule has 0 fully saturated rings. The molecule has 0 saturated heterocycles. The van der Waals surface area contributed by atoms with Crippen molar-refractivity contribution >= 4 is 49.6 Å². The summed E-state index contributed by atoms with van der Waals surface area (Å²) in [5.41, 5.74) is 1.10. The predicted molar refractivity (Wildman–Crippen MR) is 90.2 cm³/mol. The van der Waals surface area contributed by atoms with E-state index in [9.17, 15) is 0 Å². The van der Waals surface area contributed by atoms with Crippen LogP contribution in [0.5, 0.6) is 5.75 Å². The fourth-order valence-corrected chi connectivity index (χ4v) is 4.31. The van der Waals surface area contributed by atoms with E-state index < -0.39 is 0 Å². The zero-order valence-electron chi connectivity index (χ0n) is 10.8. The van der Waals surface area contributed by atoms with Crippen LogP contribution in [0.15, 0.2) is 52.3 Å². The van der Waals surface area contributed by atoms with Crippen LogP contribution in [0.25, 0.3) is 10.8 Å². The number of thiophene rings is 1. The van der Waals surface area contributed by atoms with Crippen LogP contribution in [-0.4, -0.2) is 7.11 Å². The molecular formula is C16H12BrClOS. The second-order valence-corrected chi connectivity index (χ2v) is 6.71. The van der Waals surface area contributed by atoms with Gasteiger partial charge in [-0.05, 0) is 61.9 Å². The smallest absolute Gasteiger partial charge is 0.119 e. The number of alkyl halides is 1. The van der Waals surface area contributed by atoms with Crippen molar-refractivity contribution in [2.45, 2.75) is 5.38 Å². The van der Waals surface area contributed by atoms with Crippen molar-refractivity contribution < 1.29 is 4.74 Å². The Morgan fingerprint density at radius 1 is 1.10 bits per heavy atom. The summed E-state index contributed by atoms with van der Waals surface area (Å²) in [5, 5.41) is 4.24. The minimum Gasteiger partial charge on any atom is -0.497 e. The third-order valence-electron chi connectivity index (χ3n) is 3.24. The second kappa shape index (κ2) is 5.76. The van der Waals surface area contributed by atoms with Gasteiger partial charge >= 0.3 is 0 Å². The number of rotatable bonds is 3. The molecule has 1 unspecified atom stereocenters. The van der Waals surface area contributed by atoms with E-state index in [4.69, 9.17) is 16.3 Å². The molecule has 0 aliphatic carbocycles. The molecule has 0 aliphatic heterocycles. The Balaban J connectivity index is 2.03. The SMILES string of the molecule is COc1ccc2cc(C(Cl)c3sccc3Br)ccc2c1. The first-order chi connectivity index (χ1) is 9.69. The summed E-state index contributed by atoms with van der Waals surface area (Å²) in [6.07, 6.45) is 0. The summed E-state index contributed by atoms with van der Waals surface area (Å²) >= 11 is 11.8. The average molecular weight is 368 g/mol. The largest absolute Gasteiger partial charge is 0.497 e. The molecule has 0 bridgehead atoms. The van der Waals surface area contributed by atoms with Crippen molar-refractivity contribution in [2.75, 3.05) is 7.11 Å². The van der Waals surface area contributed by atoms with Crippen molar-refractivity contribution in [1.82, 2.24) is 0 Å². The maximum Gasteiger partial charge on any atom is 0.119 e. The molecule has 3 aromatic rings. The molecule has 0 N–H and O–H groups in total. The van der Waals surface area contributed by atoms with Crippen LogP contribution in [-0.2, 0) is 0 Å². The fourth-order valence-electron chi connectivity index (χ4n) is 2.16. The number of methoxy groups -OCH3 is 1. The lowest BCUT2D eigenvalue weighted by Crippen LogP contribution is -1.91. The van der Waals surface area contributed by atoms with E-state index in [-0.39, 0.29) is 5.38 Å². The predicted octanol–water partition coefficient (Wildman–Crippen LogP) is 6.00. The number of hydrogen-bond donors (Lipinski definition) is 0. The lowest BCUT2D eigenvalue weighted by Gasteiger charge is -2.10. The van der Waals surface area contributed by atoms with Crippen LogP contribution < -0.4 is 4.74 Å². The maximum atomic E-state index is 6.59. The summed E-state index contributed by atoms with van der Waals surface area (Å²) < 4.78 is 6.31. The number of hydrogen-bond acceptors (Lipinski definition) is 2. The standard InChI is InChI=1S/C16H12BrClOS/c1-19-13-5-4-10-8-12(3-2-11(10)9-13)15(18)16-14(17)6-7-20-16/h2-9,15H,1H3. The summed E-state index contributed by atoms with van der Waals surface area (Å²) in [7, 11) is 1.68. The number of benzene rings is 2. The lowest BCUT2D eigenvalue weighted by atomic mass is 10.0. The molecule has 0 aliphatic rings. The Hall–Kier alpha value is -1.03. The molecule has 1 nitrogen and oxygen atoms in total. The summed E-state index contributed by atoms with van der Waals surface area (Å²) in [4.78, 5) is 1.14. The fraction of sp³-hybridized carbons (Fsp3) is 0.125. The Morgan fingerprint density at radius 3 is 2.55 bits per heavy atom. The van der Waals surface area contributed by atoms with E-state index >= 15 is 0 Å². The van der Waals surface area contributed by atoms with Gasteiger partial charge < -0.3 is 4.74 Å². The molecule has 0 saturated carbocycles. The Bertz CT molecular complexity index is 753. The van der Waals surface area contributed by atoms with Gasteiger partial charge in [0.15, 0.2) is 0 Å². The van der Waals surface area contributed by atoms with Crippen molar-refractivity contribution in [2.24, 2.45) is 0 Å². The number of halogens is 2. The van der Waals surface area contributed by atoms with Crippen LogP contribution in [0.2, 0.25) is 0 Å². The van der Waals surface area contributed by atoms with Gasteiger partial charge in [-0.3, -0.25) is 0 Å². The molecule has 0 radical (unpaired) electrons.